The number of likely N-dealkylation sites (N-methyl/N-ethyl adjacent to an activating group) is 1. The number of nitrogens with two attached hydrogens (primary N) is 1. The zero-order valence-electron chi connectivity index (χ0n) is 11.2. The van der Waals surface area contributed by atoms with Crippen LogP contribution in [-0.4, -0.2) is 44.5 Å². The first-order valence-electron chi connectivity index (χ1n) is 6.33. The summed E-state index contributed by atoms with van der Waals surface area (Å²) in [7, 11) is -1.46. The summed E-state index contributed by atoms with van der Waals surface area (Å²) in [5.74, 6) is 0. The summed E-state index contributed by atoms with van der Waals surface area (Å²) in [6, 6.07) is 0.272. The molecule has 0 spiro atoms. The van der Waals surface area contributed by atoms with Crippen LogP contribution in [0.15, 0.2) is 4.21 Å². The van der Waals surface area contributed by atoms with E-state index >= 15 is 0 Å². The molecular formula is C11H20N4O2S2. The van der Waals surface area contributed by atoms with Crippen molar-refractivity contribution in [1.29, 1.82) is 0 Å². The Morgan fingerprint density at radius 1 is 1.53 bits per heavy atom. The maximum Gasteiger partial charge on any atom is 0.252 e. The monoisotopic (exact) mass is 304 g/mol. The number of piperidine rings is 1. The minimum atomic E-state index is -3.49. The number of nitrogens with zero attached hydrogens (tertiary/aromatic N) is 2. The number of hydrogen-bond donors (Lipinski definition) is 2. The van der Waals surface area contributed by atoms with Gasteiger partial charge in [0, 0.05) is 12.6 Å². The number of likely N-dealkylation sites (tertiary alicyclic amines) is 1. The van der Waals surface area contributed by atoms with Gasteiger partial charge in [-0.1, -0.05) is 17.8 Å². The highest BCUT2D eigenvalue weighted by atomic mass is 32.2. The van der Waals surface area contributed by atoms with Crippen molar-refractivity contribution in [3.05, 3.63) is 5.69 Å². The maximum absolute atomic E-state index is 12.2. The summed E-state index contributed by atoms with van der Waals surface area (Å²) in [6.07, 6.45) is 3.37. The van der Waals surface area contributed by atoms with E-state index in [9.17, 15) is 8.42 Å². The Morgan fingerprint density at radius 3 is 2.84 bits per heavy atom. The predicted octanol–water partition coefficient (Wildman–Crippen LogP) is 0.796. The van der Waals surface area contributed by atoms with E-state index in [0.29, 0.717) is 12.2 Å². The van der Waals surface area contributed by atoms with Crippen LogP contribution in [0.1, 0.15) is 25.0 Å². The fourth-order valence-electron chi connectivity index (χ4n) is 2.33. The molecule has 1 unspecified atom stereocenters. The van der Waals surface area contributed by atoms with Crippen LogP contribution in [0.2, 0.25) is 0 Å². The lowest BCUT2D eigenvalue weighted by molar-refractivity contribution is 0.187. The number of aromatic nitrogens is 1. The molecule has 1 atom stereocenters. The highest BCUT2D eigenvalue weighted by Crippen LogP contribution is 2.25. The predicted molar refractivity (Wildman–Crippen MR) is 76.7 cm³/mol. The molecule has 19 heavy (non-hydrogen) atoms. The quantitative estimate of drug-likeness (QED) is 0.859. The molecule has 1 aromatic heterocycles. The number of thiazole rings is 1. The average Bonchev–Trinajstić information content (AvgIpc) is 2.68. The van der Waals surface area contributed by atoms with Crippen molar-refractivity contribution in [2.45, 2.75) is 36.4 Å². The zero-order chi connectivity index (χ0) is 14.0. The summed E-state index contributed by atoms with van der Waals surface area (Å²) >= 11 is 1.01. The molecule has 1 fully saturated rings. The second-order valence-electron chi connectivity index (χ2n) is 4.91. The number of nitrogens with one attached hydrogen (secondary N) is 1. The van der Waals surface area contributed by atoms with Crippen LogP contribution in [-0.2, 0) is 10.0 Å². The van der Waals surface area contributed by atoms with Gasteiger partial charge in [-0.3, -0.25) is 0 Å². The minimum Gasteiger partial charge on any atom is -0.375 e. The summed E-state index contributed by atoms with van der Waals surface area (Å²) in [4.78, 5) is 6.16. The second kappa shape index (κ2) is 5.74. The summed E-state index contributed by atoms with van der Waals surface area (Å²) in [5.41, 5.74) is 6.01. The van der Waals surface area contributed by atoms with Crippen LogP contribution >= 0.6 is 11.3 Å². The SMILES string of the molecule is Cc1nc(N)sc1S(=O)(=O)NCC1CCCCN1C. The van der Waals surface area contributed by atoms with Gasteiger partial charge in [0.2, 0.25) is 0 Å². The summed E-state index contributed by atoms with van der Waals surface area (Å²) < 4.78 is 27.3. The highest BCUT2D eigenvalue weighted by Gasteiger charge is 2.24. The van der Waals surface area contributed by atoms with Gasteiger partial charge in [0.25, 0.3) is 10.0 Å². The molecule has 1 saturated heterocycles. The number of hydrogen-bond acceptors (Lipinski definition) is 6. The smallest absolute Gasteiger partial charge is 0.252 e. The third kappa shape index (κ3) is 3.44. The topological polar surface area (TPSA) is 88.3 Å². The van der Waals surface area contributed by atoms with Gasteiger partial charge in [-0.25, -0.2) is 18.1 Å². The molecule has 0 amide bonds. The zero-order valence-corrected chi connectivity index (χ0v) is 12.9. The van der Waals surface area contributed by atoms with Crippen molar-refractivity contribution >= 4 is 26.5 Å². The van der Waals surface area contributed by atoms with Crippen LogP contribution in [0, 0.1) is 6.92 Å². The first kappa shape index (κ1) is 14.7. The molecule has 6 nitrogen and oxygen atoms in total. The van der Waals surface area contributed by atoms with Gasteiger partial charge in [-0.05, 0) is 33.4 Å². The molecule has 1 aliphatic heterocycles. The van der Waals surface area contributed by atoms with Crippen molar-refractivity contribution in [2.75, 3.05) is 25.9 Å². The normalized spacial score (nSPS) is 21.7. The standard InChI is InChI=1S/C11H20N4O2S2/c1-8-10(18-11(12)14-8)19(16,17)13-7-9-5-3-4-6-15(9)2/h9,13H,3-7H2,1-2H3,(H2,12,14). The highest BCUT2D eigenvalue weighted by molar-refractivity contribution is 7.91. The first-order valence-corrected chi connectivity index (χ1v) is 8.63. The number of anilines is 1. The third-order valence-corrected chi connectivity index (χ3v) is 6.46. The number of nitrogen functional groups attached to an aromatic ring is 1. The molecule has 0 radical (unpaired) electrons. The Morgan fingerprint density at radius 2 is 2.26 bits per heavy atom. The Balaban J connectivity index is 2.03. The molecule has 3 N–H and O–H groups in total. The molecule has 2 heterocycles. The Kier molecular flexibility index (Phi) is 4.44. The first-order chi connectivity index (χ1) is 8.90. The van der Waals surface area contributed by atoms with E-state index in [0.717, 1.165) is 30.7 Å². The van der Waals surface area contributed by atoms with E-state index in [2.05, 4.69) is 14.6 Å². The van der Waals surface area contributed by atoms with E-state index in [4.69, 9.17) is 5.73 Å². The molecule has 2 rings (SSSR count). The molecule has 108 valence electrons. The van der Waals surface area contributed by atoms with Crippen molar-refractivity contribution < 1.29 is 8.42 Å². The maximum atomic E-state index is 12.2. The second-order valence-corrected chi connectivity index (χ2v) is 7.90. The lowest BCUT2D eigenvalue weighted by Crippen LogP contribution is -2.44. The molecular weight excluding hydrogens is 284 g/mol. The van der Waals surface area contributed by atoms with Gasteiger partial charge in [-0.2, -0.15) is 0 Å². The Labute approximate surface area is 118 Å². The molecule has 8 heteroatoms. The van der Waals surface area contributed by atoms with Crippen molar-refractivity contribution in [3.8, 4) is 0 Å². The van der Waals surface area contributed by atoms with E-state index in [1.807, 2.05) is 7.05 Å². The van der Waals surface area contributed by atoms with Crippen LogP contribution in [0.4, 0.5) is 5.13 Å². The molecule has 0 aromatic carbocycles. The molecule has 0 bridgehead atoms. The van der Waals surface area contributed by atoms with E-state index in [1.165, 1.54) is 6.42 Å². The van der Waals surface area contributed by atoms with Gasteiger partial charge in [0.1, 0.15) is 0 Å². The van der Waals surface area contributed by atoms with Gasteiger partial charge >= 0.3 is 0 Å². The number of aryl methyl sites for hydroxylation is 1. The minimum absolute atomic E-state index is 0.225. The van der Waals surface area contributed by atoms with Crippen molar-refractivity contribution in [2.24, 2.45) is 0 Å². The van der Waals surface area contributed by atoms with E-state index in [-0.39, 0.29) is 15.4 Å². The molecule has 1 aliphatic rings. The van der Waals surface area contributed by atoms with Crippen LogP contribution in [0.25, 0.3) is 0 Å². The van der Waals surface area contributed by atoms with Crippen LogP contribution in [0.3, 0.4) is 0 Å². The number of sulfonamides is 1. The van der Waals surface area contributed by atoms with E-state index in [1.54, 1.807) is 6.92 Å². The molecule has 1 aromatic rings. The number of rotatable bonds is 4. The summed E-state index contributed by atoms with van der Waals surface area (Å²) in [6.45, 7) is 3.13. The average molecular weight is 304 g/mol. The van der Waals surface area contributed by atoms with Crippen molar-refractivity contribution in [3.63, 3.8) is 0 Å². The van der Waals surface area contributed by atoms with Crippen molar-refractivity contribution in [1.82, 2.24) is 14.6 Å². The molecule has 0 aliphatic carbocycles. The third-order valence-electron chi connectivity index (χ3n) is 3.45. The lowest BCUT2D eigenvalue weighted by Gasteiger charge is -2.32. The Hall–Kier alpha value is -0.700. The van der Waals surface area contributed by atoms with E-state index < -0.39 is 10.0 Å². The van der Waals surface area contributed by atoms with Crippen LogP contribution in [0.5, 0.6) is 0 Å². The summed E-state index contributed by atoms with van der Waals surface area (Å²) in [5, 5.41) is 0.285. The fraction of sp³-hybridized carbons (Fsp3) is 0.727. The van der Waals surface area contributed by atoms with Gasteiger partial charge < -0.3 is 10.6 Å². The fourth-order valence-corrected chi connectivity index (χ4v) is 4.74. The van der Waals surface area contributed by atoms with Gasteiger partial charge in [-0.15, -0.1) is 0 Å². The Bertz CT molecular complexity index is 541. The lowest BCUT2D eigenvalue weighted by atomic mass is 10.0. The van der Waals surface area contributed by atoms with Gasteiger partial charge in [0.05, 0.1) is 5.69 Å². The largest absolute Gasteiger partial charge is 0.375 e. The van der Waals surface area contributed by atoms with Gasteiger partial charge in [0.15, 0.2) is 9.34 Å². The van der Waals surface area contributed by atoms with Crippen LogP contribution < -0.4 is 10.5 Å². The molecule has 0 saturated carbocycles.